The molecule has 96 valence electrons. The van der Waals surface area contributed by atoms with Crippen molar-refractivity contribution in [2.24, 2.45) is 5.92 Å². The van der Waals surface area contributed by atoms with Gasteiger partial charge < -0.3 is 4.74 Å². The number of carbonyl (C=O) groups is 1. The van der Waals surface area contributed by atoms with Gasteiger partial charge in [0.25, 0.3) is 0 Å². The van der Waals surface area contributed by atoms with Crippen molar-refractivity contribution in [3.63, 3.8) is 0 Å². The highest BCUT2D eigenvalue weighted by Gasteiger charge is 2.49. The lowest BCUT2D eigenvalue weighted by molar-refractivity contribution is -0.0226. The zero-order valence-electron chi connectivity index (χ0n) is 10.9. The van der Waals surface area contributed by atoms with Crippen LogP contribution in [0.1, 0.15) is 42.6 Å². The monoisotopic (exact) mass is 254 g/mol. The number of hydrogen-bond donors (Lipinski definition) is 0. The Balaban J connectivity index is 2.04. The van der Waals surface area contributed by atoms with Gasteiger partial charge in [-0.2, -0.15) is 0 Å². The van der Waals surface area contributed by atoms with Gasteiger partial charge in [0.1, 0.15) is 11.8 Å². The molecule has 1 saturated heterocycles. The van der Waals surface area contributed by atoms with E-state index in [1.807, 2.05) is 26.0 Å². The number of hydrogen-bond acceptors (Lipinski definition) is 4. The lowest BCUT2D eigenvalue weighted by atomic mass is 9.81. The van der Waals surface area contributed by atoms with Crippen LogP contribution in [0.5, 0.6) is 0 Å². The van der Waals surface area contributed by atoms with Crippen LogP contribution in [0.15, 0.2) is 24.5 Å². The molecule has 2 aromatic heterocycles. The van der Waals surface area contributed by atoms with E-state index in [4.69, 9.17) is 4.74 Å². The third kappa shape index (κ3) is 1.40. The number of carbonyl (C=O) groups excluding carboxylic acids is 1. The Hall–Kier alpha value is -1.81. The molecule has 0 spiro atoms. The quantitative estimate of drug-likeness (QED) is 0.725. The molecule has 0 bridgehead atoms. The van der Waals surface area contributed by atoms with Crippen molar-refractivity contribution in [1.29, 1.82) is 0 Å². The number of nitrogens with zero attached hydrogens (tertiary/aromatic N) is 2. The summed E-state index contributed by atoms with van der Waals surface area (Å²) in [6.07, 6.45) is 3.98. The molecule has 1 aliphatic heterocycles. The van der Waals surface area contributed by atoms with E-state index < -0.39 is 0 Å². The van der Waals surface area contributed by atoms with Crippen LogP contribution in [-0.4, -0.2) is 21.4 Å². The van der Waals surface area contributed by atoms with Crippen molar-refractivity contribution in [3.8, 4) is 0 Å². The highest BCUT2D eigenvalue weighted by molar-refractivity contribution is 6.10. The number of fused-ring (bicyclic) bond motifs is 2. The number of ether oxygens (including phenoxy) is 1. The molecule has 1 aliphatic carbocycles. The summed E-state index contributed by atoms with van der Waals surface area (Å²) in [5, 5.41) is 1.88. The van der Waals surface area contributed by atoms with Gasteiger partial charge in [-0.25, -0.2) is 0 Å². The van der Waals surface area contributed by atoms with Gasteiger partial charge in [-0.3, -0.25) is 14.8 Å². The minimum atomic E-state index is -0.281. The van der Waals surface area contributed by atoms with Crippen molar-refractivity contribution in [1.82, 2.24) is 9.97 Å². The van der Waals surface area contributed by atoms with Gasteiger partial charge in [0, 0.05) is 17.8 Å². The molecule has 4 rings (SSSR count). The van der Waals surface area contributed by atoms with Gasteiger partial charge in [-0.05, 0) is 37.8 Å². The van der Waals surface area contributed by atoms with Crippen LogP contribution >= 0.6 is 0 Å². The van der Waals surface area contributed by atoms with Crippen LogP contribution in [0.3, 0.4) is 0 Å². The minimum absolute atomic E-state index is 0.0988. The summed E-state index contributed by atoms with van der Waals surface area (Å²) in [7, 11) is 0. The second-order valence-corrected chi connectivity index (χ2v) is 5.93. The number of rotatable bonds is 0. The van der Waals surface area contributed by atoms with Gasteiger partial charge in [-0.1, -0.05) is 0 Å². The average Bonchev–Trinajstić information content (AvgIpc) is 2.72. The molecule has 0 aromatic carbocycles. The minimum Gasteiger partial charge on any atom is -0.365 e. The van der Waals surface area contributed by atoms with Crippen LogP contribution in [-0.2, 0) is 4.74 Å². The maximum atomic E-state index is 12.6. The molecule has 0 saturated carbocycles. The highest BCUT2D eigenvalue weighted by atomic mass is 16.5. The first-order valence-electron chi connectivity index (χ1n) is 6.52. The van der Waals surface area contributed by atoms with Crippen LogP contribution in [0.4, 0.5) is 0 Å². The molecule has 0 N–H and O–H groups in total. The number of Topliss-reactive ketones (excluding diaryl/α,β-unsaturated/α-hetero) is 1. The number of aromatic nitrogens is 2. The molecule has 19 heavy (non-hydrogen) atoms. The molecular weight excluding hydrogens is 240 g/mol. The van der Waals surface area contributed by atoms with Crippen LogP contribution < -0.4 is 0 Å². The van der Waals surface area contributed by atoms with Crippen LogP contribution in [0.25, 0.3) is 10.8 Å². The predicted molar refractivity (Wildman–Crippen MR) is 69.9 cm³/mol. The lowest BCUT2D eigenvalue weighted by Crippen LogP contribution is -2.25. The van der Waals surface area contributed by atoms with E-state index in [0.717, 1.165) is 22.9 Å². The molecule has 2 atom stereocenters. The molecule has 3 heterocycles. The van der Waals surface area contributed by atoms with E-state index >= 15 is 0 Å². The average molecular weight is 254 g/mol. The zero-order valence-corrected chi connectivity index (χ0v) is 10.9. The summed E-state index contributed by atoms with van der Waals surface area (Å²) in [6, 6.07) is 3.83. The smallest absolute Gasteiger partial charge is 0.188 e. The Bertz CT molecular complexity index is 703. The van der Waals surface area contributed by atoms with Crippen molar-refractivity contribution in [2.45, 2.75) is 32.0 Å². The summed E-state index contributed by atoms with van der Waals surface area (Å²) >= 11 is 0. The van der Waals surface area contributed by atoms with E-state index in [2.05, 4.69) is 9.97 Å². The van der Waals surface area contributed by atoms with E-state index in [9.17, 15) is 4.79 Å². The predicted octanol–water partition coefficient (Wildman–Crippen LogP) is 2.68. The van der Waals surface area contributed by atoms with Crippen LogP contribution in [0, 0.1) is 5.92 Å². The first-order chi connectivity index (χ1) is 9.07. The fourth-order valence-electron chi connectivity index (χ4n) is 3.31. The third-order valence-electron chi connectivity index (χ3n) is 4.07. The zero-order chi connectivity index (χ0) is 13.2. The molecular formula is C15H14N2O2. The molecule has 0 amide bonds. The first kappa shape index (κ1) is 11.1. The van der Waals surface area contributed by atoms with Gasteiger partial charge in [0.15, 0.2) is 5.78 Å². The van der Waals surface area contributed by atoms with Crippen molar-refractivity contribution < 1.29 is 9.53 Å². The summed E-state index contributed by atoms with van der Waals surface area (Å²) in [5.41, 5.74) is 1.15. The van der Waals surface area contributed by atoms with Crippen molar-refractivity contribution in [2.75, 3.05) is 0 Å². The summed E-state index contributed by atoms with van der Waals surface area (Å²) in [5.74, 6) is -0.0443. The Kier molecular flexibility index (Phi) is 1.97. The summed E-state index contributed by atoms with van der Waals surface area (Å²) < 4.78 is 6.06. The van der Waals surface area contributed by atoms with Crippen molar-refractivity contribution >= 4 is 16.6 Å². The molecule has 1 fully saturated rings. The van der Waals surface area contributed by atoms with E-state index in [1.54, 1.807) is 12.4 Å². The summed E-state index contributed by atoms with van der Waals surface area (Å²) in [4.78, 5) is 21.3. The molecule has 4 nitrogen and oxygen atoms in total. The lowest BCUT2D eigenvalue weighted by Gasteiger charge is -2.24. The highest BCUT2D eigenvalue weighted by Crippen LogP contribution is 2.49. The molecule has 2 aromatic rings. The van der Waals surface area contributed by atoms with Gasteiger partial charge in [0.05, 0.1) is 17.2 Å². The van der Waals surface area contributed by atoms with Crippen molar-refractivity contribution in [3.05, 3.63) is 35.9 Å². The fourth-order valence-corrected chi connectivity index (χ4v) is 3.31. The Morgan fingerprint density at radius 1 is 1.26 bits per heavy atom. The molecule has 4 heteroatoms. The Morgan fingerprint density at radius 3 is 2.79 bits per heavy atom. The second kappa shape index (κ2) is 3.39. The van der Waals surface area contributed by atoms with E-state index in [0.29, 0.717) is 5.69 Å². The topological polar surface area (TPSA) is 52.1 Å². The Labute approximate surface area is 110 Å². The molecule has 2 aliphatic rings. The maximum Gasteiger partial charge on any atom is 0.188 e. The molecule has 0 radical (unpaired) electrons. The largest absolute Gasteiger partial charge is 0.365 e. The van der Waals surface area contributed by atoms with Gasteiger partial charge in [0.2, 0.25) is 0 Å². The van der Waals surface area contributed by atoms with E-state index in [-0.39, 0.29) is 23.4 Å². The fraction of sp³-hybridized carbons (Fsp3) is 0.400. The Morgan fingerprint density at radius 2 is 2.00 bits per heavy atom. The van der Waals surface area contributed by atoms with E-state index in [1.165, 1.54) is 0 Å². The van der Waals surface area contributed by atoms with Gasteiger partial charge >= 0.3 is 0 Å². The SMILES string of the molecule is CC1(C)CC2C(=O)c3nccc4ccnc(c34)C2O1. The number of pyridine rings is 2. The van der Waals surface area contributed by atoms with Gasteiger partial charge in [-0.15, -0.1) is 0 Å². The third-order valence-corrected chi connectivity index (χ3v) is 4.07. The standard InChI is InChI=1S/C15H14N2O2/c1-15(2)7-9-13(18)11-10-8(3-5-16-11)4-6-17-12(10)14(9)19-15/h3-6,9,14H,7H2,1-2H3. The number of ketones is 1. The second-order valence-electron chi connectivity index (χ2n) is 5.93. The summed E-state index contributed by atoms with van der Waals surface area (Å²) in [6.45, 7) is 4.05. The normalized spacial score (nSPS) is 27.6. The maximum absolute atomic E-state index is 12.6. The first-order valence-corrected chi connectivity index (χ1v) is 6.52. The van der Waals surface area contributed by atoms with Crippen LogP contribution in [0.2, 0.25) is 0 Å². The molecule has 2 unspecified atom stereocenters.